The smallest absolute Gasteiger partial charge is 0.386 e. The number of hydrogen-bond donors (Lipinski definition) is 1. The van der Waals surface area contributed by atoms with E-state index in [9.17, 15) is 26.7 Å². The minimum atomic E-state index is -5.79. The van der Waals surface area contributed by atoms with Gasteiger partial charge in [-0.3, -0.25) is 0 Å². The second-order valence-corrected chi connectivity index (χ2v) is 6.78. The Morgan fingerprint density at radius 1 is 1.09 bits per heavy atom. The summed E-state index contributed by atoms with van der Waals surface area (Å²) in [5, 5.41) is 10.7. The Kier molecular flexibility index (Phi) is 3.87. The van der Waals surface area contributed by atoms with Crippen LogP contribution in [0.15, 0.2) is 36.4 Å². The molecule has 4 nitrogen and oxygen atoms in total. The summed E-state index contributed by atoms with van der Waals surface area (Å²) >= 11 is 0. The molecule has 0 radical (unpaired) electrons. The number of hydrogen-bond acceptors (Lipinski definition) is 4. The number of rotatable bonds is 3. The van der Waals surface area contributed by atoms with Crippen molar-refractivity contribution in [2.24, 2.45) is 0 Å². The zero-order valence-corrected chi connectivity index (χ0v) is 12.5. The predicted octanol–water partition coefficient (Wildman–Crippen LogP) is 3.30. The maximum Gasteiger partial charge on any atom is 0.534 e. The maximum atomic E-state index is 12.5. The van der Waals surface area contributed by atoms with Crippen molar-refractivity contribution >= 4 is 20.9 Å². The Bertz CT molecular complexity index is 805. The first-order valence-corrected chi connectivity index (χ1v) is 7.59. The summed E-state index contributed by atoms with van der Waals surface area (Å²) in [5.74, 6) is -0.479. The molecular weight excluding hydrogens is 321 g/mol. The molecule has 0 spiro atoms. The molecule has 0 aliphatic rings. The lowest BCUT2D eigenvalue weighted by Gasteiger charge is -2.20. The van der Waals surface area contributed by atoms with Gasteiger partial charge >= 0.3 is 15.6 Å². The zero-order valence-electron chi connectivity index (χ0n) is 11.7. The molecule has 0 aliphatic heterocycles. The van der Waals surface area contributed by atoms with Crippen molar-refractivity contribution in [3.05, 3.63) is 42.0 Å². The molecule has 2 aromatic carbocycles. The van der Waals surface area contributed by atoms with Gasteiger partial charge in [0.1, 0.15) is 0 Å². The van der Waals surface area contributed by atoms with Crippen LogP contribution in [0.25, 0.3) is 10.8 Å². The van der Waals surface area contributed by atoms with Gasteiger partial charge in [-0.15, -0.1) is 0 Å². The fourth-order valence-electron chi connectivity index (χ4n) is 1.86. The van der Waals surface area contributed by atoms with Crippen molar-refractivity contribution < 1.29 is 30.9 Å². The standard InChI is InChI=1S/C14H13F3O4S/c1-13(2,18)10-7-9-5-3-4-6-11(9)12(8-10)21-22(19,20)14(15,16)17/h3-8,18H,1-2H3. The van der Waals surface area contributed by atoms with Crippen molar-refractivity contribution in [1.82, 2.24) is 0 Å². The van der Waals surface area contributed by atoms with Crippen LogP contribution in [-0.4, -0.2) is 19.0 Å². The Hall–Kier alpha value is -1.80. The molecule has 120 valence electrons. The van der Waals surface area contributed by atoms with E-state index >= 15 is 0 Å². The molecule has 0 heterocycles. The lowest BCUT2D eigenvalue weighted by molar-refractivity contribution is -0.0499. The minimum Gasteiger partial charge on any atom is -0.386 e. The molecule has 0 amide bonds. The maximum absolute atomic E-state index is 12.5. The summed E-state index contributed by atoms with van der Waals surface area (Å²) in [6, 6.07) is 8.84. The molecule has 0 aromatic heterocycles. The third-order valence-corrected chi connectivity index (χ3v) is 3.98. The van der Waals surface area contributed by atoms with Crippen LogP contribution in [0.1, 0.15) is 19.4 Å². The van der Waals surface area contributed by atoms with Crippen LogP contribution in [-0.2, 0) is 15.7 Å². The average Bonchev–Trinajstić information content (AvgIpc) is 2.35. The van der Waals surface area contributed by atoms with Gasteiger partial charge in [0.2, 0.25) is 0 Å². The van der Waals surface area contributed by atoms with Crippen molar-refractivity contribution in [2.45, 2.75) is 25.0 Å². The molecule has 0 unspecified atom stereocenters. The number of alkyl halides is 3. The highest BCUT2D eigenvalue weighted by Gasteiger charge is 2.48. The van der Waals surface area contributed by atoms with Crippen LogP contribution >= 0.6 is 0 Å². The minimum absolute atomic E-state index is 0.198. The number of aliphatic hydroxyl groups is 1. The van der Waals surface area contributed by atoms with Crippen molar-refractivity contribution in [1.29, 1.82) is 0 Å². The van der Waals surface area contributed by atoms with E-state index in [1.165, 1.54) is 19.9 Å². The first kappa shape index (κ1) is 16.6. The fraction of sp³-hybridized carbons (Fsp3) is 0.286. The third-order valence-electron chi connectivity index (χ3n) is 3.01. The van der Waals surface area contributed by atoms with Gasteiger partial charge < -0.3 is 9.29 Å². The van der Waals surface area contributed by atoms with Crippen LogP contribution < -0.4 is 4.18 Å². The van der Waals surface area contributed by atoms with Crippen LogP contribution in [0, 0.1) is 0 Å². The highest BCUT2D eigenvalue weighted by Crippen LogP contribution is 2.35. The monoisotopic (exact) mass is 334 g/mol. The first-order chi connectivity index (χ1) is 9.92. The Balaban J connectivity index is 2.67. The van der Waals surface area contributed by atoms with Crippen LogP contribution in [0.3, 0.4) is 0 Å². The topological polar surface area (TPSA) is 63.6 Å². The molecule has 2 rings (SSSR count). The number of halogens is 3. The van der Waals surface area contributed by atoms with E-state index in [4.69, 9.17) is 0 Å². The van der Waals surface area contributed by atoms with E-state index in [1.54, 1.807) is 24.3 Å². The number of fused-ring (bicyclic) bond motifs is 1. The van der Waals surface area contributed by atoms with Gasteiger partial charge in [0, 0.05) is 5.39 Å². The van der Waals surface area contributed by atoms with E-state index in [0.717, 1.165) is 6.07 Å². The molecule has 8 heteroatoms. The highest BCUT2D eigenvalue weighted by molar-refractivity contribution is 7.88. The summed E-state index contributed by atoms with van der Waals surface area (Å²) < 4.78 is 64.2. The molecule has 1 N–H and O–H groups in total. The number of benzene rings is 2. The van der Waals surface area contributed by atoms with Gasteiger partial charge in [-0.1, -0.05) is 24.3 Å². The second kappa shape index (κ2) is 5.13. The van der Waals surface area contributed by atoms with Crippen molar-refractivity contribution in [3.8, 4) is 5.75 Å². The first-order valence-electron chi connectivity index (χ1n) is 6.18. The van der Waals surface area contributed by atoms with Gasteiger partial charge in [-0.05, 0) is 36.9 Å². The van der Waals surface area contributed by atoms with Gasteiger partial charge in [-0.2, -0.15) is 21.6 Å². The fourth-order valence-corrected chi connectivity index (χ4v) is 2.33. The molecule has 0 saturated carbocycles. The van der Waals surface area contributed by atoms with Crippen molar-refractivity contribution in [2.75, 3.05) is 0 Å². The van der Waals surface area contributed by atoms with Crippen LogP contribution in [0.2, 0.25) is 0 Å². The lowest BCUT2D eigenvalue weighted by atomic mass is 9.95. The predicted molar refractivity (Wildman–Crippen MR) is 74.8 cm³/mol. The molecule has 0 bridgehead atoms. The van der Waals surface area contributed by atoms with Crippen LogP contribution in [0.5, 0.6) is 5.75 Å². The highest BCUT2D eigenvalue weighted by atomic mass is 32.2. The van der Waals surface area contributed by atoms with E-state index in [1.807, 2.05) is 0 Å². The summed E-state index contributed by atoms with van der Waals surface area (Å²) in [6.07, 6.45) is 0. The summed E-state index contributed by atoms with van der Waals surface area (Å²) in [6.45, 7) is 2.86. The largest absolute Gasteiger partial charge is 0.534 e. The van der Waals surface area contributed by atoms with Gasteiger partial charge in [0.25, 0.3) is 0 Å². The van der Waals surface area contributed by atoms with Crippen molar-refractivity contribution in [3.63, 3.8) is 0 Å². The summed E-state index contributed by atoms with van der Waals surface area (Å²) in [7, 11) is -5.79. The van der Waals surface area contributed by atoms with E-state index < -0.39 is 27.0 Å². The molecule has 0 fully saturated rings. The third kappa shape index (κ3) is 3.17. The Morgan fingerprint density at radius 2 is 1.68 bits per heavy atom. The van der Waals surface area contributed by atoms with Gasteiger partial charge in [0.05, 0.1) is 5.60 Å². The van der Waals surface area contributed by atoms with E-state index in [0.29, 0.717) is 5.39 Å². The summed E-state index contributed by atoms with van der Waals surface area (Å²) in [5.41, 5.74) is -6.67. The average molecular weight is 334 g/mol. The van der Waals surface area contributed by atoms with E-state index in [2.05, 4.69) is 4.18 Å². The Labute approximate surface area is 125 Å². The Morgan fingerprint density at radius 3 is 2.23 bits per heavy atom. The molecule has 0 aliphatic carbocycles. The molecule has 0 atom stereocenters. The van der Waals surface area contributed by atoms with E-state index in [-0.39, 0.29) is 10.9 Å². The van der Waals surface area contributed by atoms with Gasteiger partial charge in [0.15, 0.2) is 5.75 Å². The SMILES string of the molecule is CC(C)(O)c1cc(OS(=O)(=O)C(F)(F)F)c2ccccc2c1. The van der Waals surface area contributed by atoms with Gasteiger partial charge in [-0.25, -0.2) is 0 Å². The quantitative estimate of drug-likeness (QED) is 0.691. The second-order valence-electron chi connectivity index (χ2n) is 5.24. The molecular formula is C14H13F3O4S. The van der Waals surface area contributed by atoms with Crippen LogP contribution in [0.4, 0.5) is 13.2 Å². The molecule has 0 saturated heterocycles. The molecule has 2 aromatic rings. The zero-order chi connectivity index (χ0) is 16.8. The lowest BCUT2D eigenvalue weighted by Crippen LogP contribution is -2.28. The summed E-state index contributed by atoms with van der Waals surface area (Å²) in [4.78, 5) is 0. The molecule has 22 heavy (non-hydrogen) atoms. The normalized spacial score (nSPS) is 13.4.